The van der Waals surface area contributed by atoms with Crippen LogP contribution in [0.1, 0.15) is 26.3 Å². The third-order valence-electron chi connectivity index (χ3n) is 2.73. The van der Waals surface area contributed by atoms with Crippen LogP contribution in [0.4, 0.5) is 10.5 Å². The number of carbonyl (C=O) groups is 1. The molecular weight excluding hydrogens is 310 g/mol. The van der Waals surface area contributed by atoms with Crippen molar-refractivity contribution in [1.82, 2.24) is 0 Å². The van der Waals surface area contributed by atoms with Gasteiger partial charge in [-0.15, -0.1) is 0 Å². The van der Waals surface area contributed by atoms with Crippen LogP contribution < -0.4 is 4.90 Å². The van der Waals surface area contributed by atoms with Crippen molar-refractivity contribution >= 4 is 23.4 Å². The summed E-state index contributed by atoms with van der Waals surface area (Å²) < 4.78 is 5.42. The Balaban J connectivity index is 2.36. The van der Waals surface area contributed by atoms with E-state index in [0.717, 1.165) is 5.56 Å². The lowest BCUT2D eigenvalue weighted by Gasteiger charge is -2.23. The Hall–Kier alpha value is -2.44. The zero-order valence-electron chi connectivity index (χ0n) is 13.3. The van der Waals surface area contributed by atoms with Crippen LogP contribution in [0.15, 0.2) is 54.6 Å². The normalized spacial score (nSPS) is 10.4. The molecule has 0 N–H and O–H groups in total. The first-order chi connectivity index (χ1) is 10.8. The van der Waals surface area contributed by atoms with Crippen LogP contribution in [0.25, 0.3) is 0 Å². The second kappa shape index (κ2) is 7.21. The van der Waals surface area contributed by atoms with Crippen molar-refractivity contribution in [3.8, 4) is 12.0 Å². The summed E-state index contributed by atoms with van der Waals surface area (Å²) in [5.41, 5.74) is 0.765. The number of halogens is 1. The van der Waals surface area contributed by atoms with E-state index in [4.69, 9.17) is 16.3 Å². The van der Waals surface area contributed by atoms with E-state index in [2.05, 4.69) is 12.0 Å². The summed E-state index contributed by atoms with van der Waals surface area (Å²) in [6.07, 6.45) is -0.539. The molecule has 23 heavy (non-hydrogen) atoms. The minimum Gasteiger partial charge on any atom is -0.443 e. The first-order valence-corrected chi connectivity index (χ1v) is 7.58. The molecular formula is C19H18ClNO2. The number of rotatable bonds is 1. The van der Waals surface area contributed by atoms with E-state index in [1.807, 2.05) is 51.1 Å². The van der Waals surface area contributed by atoms with Crippen LogP contribution in [-0.4, -0.2) is 11.7 Å². The fraction of sp³-hybridized carbons (Fsp3) is 0.211. The van der Waals surface area contributed by atoms with Crippen LogP contribution in [0.2, 0.25) is 5.02 Å². The van der Waals surface area contributed by atoms with Gasteiger partial charge in [-0.3, -0.25) is 0 Å². The quantitative estimate of drug-likeness (QED) is 0.539. The number of nitrogens with zero attached hydrogens (tertiary/aromatic N) is 1. The van der Waals surface area contributed by atoms with Crippen molar-refractivity contribution in [2.75, 3.05) is 4.90 Å². The van der Waals surface area contributed by atoms with Gasteiger partial charge in [-0.25, -0.2) is 9.69 Å². The summed E-state index contributed by atoms with van der Waals surface area (Å²) >= 11 is 6.02. The molecule has 0 spiro atoms. The molecule has 4 heteroatoms. The summed E-state index contributed by atoms with van der Waals surface area (Å²) in [6, 6.07) is 19.2. The molecule has 2 aromatic rings. The second-order valence-electron chi connectivity index (χ2n) is 5.90. The molecule has 0 unspecified atom stereocenters. The average molecular weight is 328 g/mol. The molecule has 2 rings (SSSR count). The van der Waals surface area contributed by atoms with Gasteiger partial charge in [-0.1, -0.05) is 35.9 Å². The highest BCUT2D eigenvalue weighted by Gasteiger charge is 2.22. The standard InChI is InChI=1S/C19H18ClNO2/c1-19(2,3)23-18(22)21(17-11-7-10-16(20)14-17)13-12-15-8-5-4-6-9-15/h4-11,14H,1-3H3. The predicted octanol–water partition coefficient (Wildman–Crippen LogP) is 5.09. The molecule has 0 bridgehead atoms. The number of hydrogen-bond acceptors (Lipinski definition) is 2. The highest BCUT2D eigenvalue weighted by atomic mass is 35.5. The van der Waals surface area contributed by atoms with Crippen LogP contribution in [0, 0.1) is 12.0 Å². The number of amides is 1. The fourth-order valence-electron chi connectivity index (χ4n) is 1.78. The smallest absolute Gasteiger partial charge is 0.426 e. The Labute approximate surface area is 141 Å². The minimum absolute atomic E-state index is 0.526. The first kappa shape index (κ1) is 16.9. The minimum atomic E-state index is -0.609. The van der Waals surface area contributed by atoms with E-state index in [1.165, 1.54) is 4.90 Å². The van der Waals surface area contributed by atoms with E-state index >= 15 is 0 Å². The molecule has 2 aromatic carbocycles. The van der Waals surface area contributed by atoms with Gasteiger partial charge in [0.1, 0.15) is 5.60 Å². The lowest BCUT2D eigenvalue weighted by Crippen LogP contribution is -2.33. The Morgan fingerprint density at radius 3 is 2.39 bits per heavy atom. The van der Waals surface area contributed by atoms with Gasteiger partial charge in [0, 0.05) is 16.6 Å². The predicted molar refractivity (Wildman–Crippen MR) is 93.5 cm³/mol. The Kier molecular flexibility index (Phi) is 5.31. The molecule has 0 saturated carbocycles. The second-order valence-corrected chi connectivity index (χ2v) is 6.33. The third-order valence-corrected chi connectivity index (χ3v) is 2.96. The highest BCUT2D eigenvalue weighted by molar-refractivity contribution is 6.30. The van der Waals surface area contributed by atoms with Gasteiger partial charge in [0.15, 0.2) is 0 Å². The van der Waals surface area contributed by atoms with Gasteiger partial charge in [0.25, 0.3) is 0 Å². The maximum Gasteiger partial charge on any atom is 0.426 e. The van der Waals surface area contributed by atoms with Crippen LogP contribution in [0.3, 0.4) is 0 Å². The van der Waals surface area contributed by atoms with Gasteiger partial charge in [0.2, 0.25) is 0 Å². The largest absolute Gasteiger partial charge is 0.443 e. The van der Waals surface area contributed by atoms with Crippen LogP contribution in [-0.2, 0) is 4.74 Å². The van der Waals surface area contributed by atoms with Crippen LogP contribution >= 0.6 is 11.6 Å². The Morgan fingerprint density at radius 1 is 1.09 bits per heavy atom. The Morgan fingerprint density at radius 2 is 1.78 bits per heavy atom. The number of anilines is 1. The number of hydrogen-bond donors (Lipinski definition) is 0. The lowest BCUT2D eigenvalue weighted by molar-refractivity contribution is 0.0600. The maximum atomic E-state index is 12.4. The van der Waals surface area contributed by atoms with Gasteiger partial charge in [0.05, 0.1) is 5.69 Å². The molecule has 0 aliphatic heterocycles. The fourth-order valence-corrected chi connectivity index (χ4v) is 1.96. The van der Waals surface area contributed by atoms with E-state index in [0.29, 0.717) is 10.7 Å². The average Bonchev–Trinajstić information content (AvgIpc) is 2.47. The molecule has 0 aliphatic rings. The zero-order valence-corrected chi connectivity index (χ0v) is 14.1. The molecule has 118 valence electrons. The number of ether oxygens (including phenoxy) is 1. The maximum absolute atomic E-state index is 12.4. The molecule has 3 nitrogen and oxygen atoms in total. The molecule has 0 heterocycles. The summed E-state index contributed by atoms with van der Waals surface area (Å²) in [5, 5.41) is 0.526. The summed E-state index contributed by atoms with van der Waals surface area (Å²) in [6.45, 7) is 5.43. The highest BCUT2D eigenvalue weighted by Crippen LogP contribution is 2.21. The van der Waals surface area contributed by atoms with Crippen molar-refractivity contribution in [1.29, 1.82) is 0 Å². The summed E-state index contributed by atoms with van der Waals surface area (Å²) in [5.74, 6) is 2.96. The summed E-state index contributed by atoms with van der Waals surface area (Å²) in [7, 11) is 0. The topological polar surface area (TPSA) is 29.5 Å². The van der Waals surface area contributed by atoms with Crippen molar-refractivity contribution < 1.29 is 9.53 Å². The molecule has 1 amide bonds. The van der Waals surface area contributed by atoms with E-state index in [1.54, 1.807) is 24.3 Å². The van der Waals surface area contributed by atoms with E-state index in [-0.39, 0.29) is 0 Å². The van der Waals surface area contributed by atoms with Gasteiger partial charge < -0.3 is 4.74 Å². The molecule has 0 atom stereocenters. The molecule has 0 radical (unpaired) electrons. The monoisotopic (exact) mass is 327 g/mol. The zero-order chi connectivity index (χ0) is 16.9. The van der Waals surface area contributed by atoms with Crippen molar-refractivity contribution in [3.63, 3.8) is 0 Å². The Bertz CT molecular complexity index is 739. The van der Waals surface area contributed by atoms with Crippen molar-refractivity contribution in [3.05, 3.63) is 65.2 Å². The third kappa shape index (κ3) is 5.36. The van der Waals surface area contributed by atoms with Crippen molar-refractivity contribution in [2.45, 2.75) is 26.4 Å². The first-order valence-electron chi connectivity index (χ1n) is 7.20. The summed E-state index contributed by atoms with van der Waals surface area (Å²) in [4.78, 5) is 13.7. The lowest BCUT2D eigenvalue weighted by atomic mass is 10.2. The van der Waals surface area contributed by atoms with Crippen molar-refractivity contribution in [2.24, 2.45) is 0 Å². The van der Waals surface area contributed by atoms with Gasteiger partial charge in [-0.05, 0) is 57.0 Å². The van der Waals surface area contributed by atoms with Crippen LogP contribution in [0.5, 0.6) is 0 Å². The molecule has 0 aliphatic carbocycles. The van der Waals surface area contributed by atoms with E-state index < -0.39 is 11.7 Å². The number of carbonyl (C=O) groups excluding carboxylic acids is 1. The SMILES string of the molecule is CC(C)(C)OC(=O)N(C#Cc1ccccc1)c1cccc(Cl)c1. The molecule has 0 aromatic heterocycles. The number of benzene rings is 2. The molecule has 0 saturated heterocycles. The van der Waals surface area contributed by atoms with E-state index in [9.17, 15) is 4.79 Å². The molecule has 0 fully saturated rings. The van der Waals surface area contributed by atoms with Gasteiger partial charge >= 0.3 is 6.09 Å². The van der Waals surface area contributed by atoms with Gasteiger partial charge in [-0.2, -0.15) is 0 Å².